The molecular formula is C27H29N3O4. The Labute approximate surface area is 199 Å². The first-order valence-electron chi connectivity index (χ1n) is 11.4. The molecule has 34 heavy (non-hydrogen) atoms. The number of likely N-dealkylation sites (N-methyl/N-ethyl adjacent to an activating group) is 1. The third-order valence-electron chi connectivity index (χ3n) is 5.91. The molecule has 7 nitrogen and oxygen atoms in total. The Balaban J connectivity index is 1.74. The van der Waals surface area contributed by atoms with Gasteiger partial charge in [0.2, 0.25) is 0 Å². The predicted octanol–water partition coefficient (Wildman–Crippen LogP) is 3.82. The van der Waals surface area contributed by atoms with Crippen LogP contribution in [0.4, 0.5) is 0 Å². The average Bonchev–Trinajstić information content (AvgIpc) is 2.87. The van der Waals surface area contributed by atoms with Crippen molar-refractivity contribution in [2.24, 2.45) is 0 Å². The van der Waals surface area contributed by atoms with Crippen LogP contribution >= 0.6 is 0 Å². The lowest BCUT2D eigenvalue weighted by Gasteiger charge is -2.23. The van der Waals surface area contributed by atoms with Gasteiger partial charge in [-0.3, -0.25) is 19.4 Å². The zero-order valence-electron chi connectivity index (χ0n) is 19.5. The van der Waals surface area contributed by atoms with Crippen molar-refractivity contribution in [3.63, 3.8) is 0 Å². The predicted molar refractivity (Wildman–Crippen MR) is 129 cm³/mol. The van der Waals surface area contributed by atoms with Crippen LogP contribution in [0.25, 0.3) is 11.3 Å². The lowest BCUT2D eigenvalue weighted by atomic mass is 9.99. The minimum absolute atomic E-state index is 0.333. The van der Waals surface area contributed by atoms with E-state index in [-0.39, 0.29) is 11.8 Å². The number of ether oxygens (including phenoxy) is 1. The Morgan fingerprint density at radius 2 is 1.91 bits per heavy atom. The summed E-state index contributed by atoms with van der Waals surface area (Å²) in [7, 11) is 2.96. The third kappa shape index (κ3) is 5.61. The SMILES string of the molecule is CON(C)C(=O)[C@@H]1Cc2cccc(c2)CCCCOc2cccc(c2)-c2ncccc2C(=O)N1. The summed E-state index contributed by atoms with van der Waals surface area (Å²) in [6.45, 7) is 0.610. The van der Waals surface area contributed by atoms with E-state index in [1.807, 2.05) is 36.4 Å². The highest BCUT2D eigenvalue weighted by atomic mass is 16.7. The van der Waals surface area contributed by atoms with Gasteiger partial charge >= 0.3 is 0 Å². The van der Waals surface area contributed by atoms with E-state index in [2.05, 4.69) is 22.4 Å². The highest BCUT2D eigenvalue weighted by molar-refractivity contribution is 6.02. The van der Waals surface area contributed by atoms with Crippen molar-refractivity contribution in [1.29, 1.82) is 0 Å². The van der Waals surface area contributed by atoms with Crippen LogP contribution in [-0.4, -0.2) is 48.7 Å². The van der Waals surface area contributed by atoms with Gasteiger partial charge in [-0.15, -0.1) is 0 Å². The lowest BCUT2D eigenvalue weighted by molar-refractivity contribution is -0.170. The highest BCUT2D eigenvalue weighted by Gasteiger charge is 2.26. The third-order valence-corrected chi connectivity index (χ3v) is 5.91. The number of hydrogen-bond donors (Lipinski definition) is 1. The molecule has 1 aromatic heterocycles. The smallest absolute Gasteiger partial charge is 0.268 e. The summed E-state index contributed by atoms with van der Waals surface area (Å²) in [6.07, 6.45) is 4.81. The zero-order valence-corrected chi connectivity index (χ0v) is 19.5. The van der Waals surface area contributed by atoms with Crippen LogP contribution in [0.2, 0.25) is 0 Å². The molecule has 0 unspecified atom stereocenters. The fraction of sp³-hybridized carbons (Fsp3) is 0.296. The molecule has 0 fully saturated rings. The van der Waals surface area contributed by atoms with Gasteiger partial charge in [0.05, 0.1) is 25.0 Å². The van der Waals surface area contributed by atoms with Crippen LogP contribution in [0.1, 0.15) is 34.3 Å². The fourth-order valence-electron chi connectivity index (χ4n) is 4.07. The van der Waals surface area contributed by atoms with Crippen LogP contribution < -0.4 is 10.1 Å². The average molecular weight is 460 g/mol. The quantitative estimate of drug-likeness (QED) is 0.589. The number of rotatable bonds is 2. The molecular weight excluding hydrogens is 430 g/mol. The number of hydroxylamine groups is 2. The Morgan fingerprint density at radius 1 is 1.09 bits per heavy atom. The number of benzene rings is 2. The number of carbonyl (C=O) groups excluding carboxylic acids is 2. The summed E-state index contributed by atoms with van der Waals surface area (Å²) >= 11 is 0. The molecule has 2 aromatic carbocycles. The van der Waals surface area contributed by atoms with E-state index in [0.717, 1.165) is 41.2 Å². The van der Waals surface area contributed by atoms with Gasteiger partial charge in [-0.2, -0.15) is 0 Å². The second-order valence-electron chi connectivity index (χ2n) is 8.30. The molecule has 1 N–H and O–H groups in total. The van der Waals surface area contributed by atoms with Crippen molar-refractivity contribution in [1.82, 2.24) is 15.4 Å². The number of amides is 2. The van der Waals surface area contributed by atoms with Crippen LogP contribution in [0.15, 0.2) is 66.9 Å². The summed E-state index contributed by atoms with van der Waals surface area (Å²) in [6, 6.07) is 18.3. The molecule has 0 saturated carbocycles. The molecule has 2 heterocycles. The number of nitrogens with zero attached hydrogens (tertiary/aromatic N) is 2. The molecule has 0 radical (unpaired) electrons. The maximum Gasteiger partial charge on any atom is 0.268 e. The number of pyridine rings is 1. The number of aryl methyl sites for hydroxylation is 1. The van der Waals surface area contributed by atoms with E-state index in [9.17, 15) is 9.59 Å². The monoisotopic (exact) mass is 459 g/mol. The summed E-state index contributed by atoms with van der Waals surface area (Å²) < 4.78 is 5.96. The van der Waals surface area contributed by atoms with Gasteiger partial charge in [-0.25, -0.2) is 5.06 Å². The van der Waals surface area contributed by atoms with Crippen LogP contribution in [0.3, 0.4) is 0 Å². The van der Waals surface area contributed by atoms with Crippen molar-refractivity contribution in [3.05, 3.63) is 83.6 Å². The van der Waals surface area contributed by atoms with Crippen LogP contribution in [-0.2, 0) is 22.5 Å². The summed E-state index contributed by atoms with van der Waals surface area (Å²) in [4.78, 5) is 36.1. The topological polar surface area (TPSA) is 80.8 Å². The van der Waals surface area contributed by atoms with Gasteiger partial charge in [0.25, 0.3) is 11.8 Å². The highest BCUT2D eigenvalue weighted by Crippen LogP contribution is 2.26. The molecule has 0 aliphatic carbocycles. The van der Waals surface area contributed by atoms with Crippen molar-refractivity contribution < 1.29 is 19.2 Å². The Bertz CT molecular complexity index is 1160. The Kier molecular flexibility index (Phi) is 7.54. The second kappa shape index (κ2) is 10.9. The number of aromatic nitrogens is 1. The minimum atomic E-state index is -0.800. The standard InChI is InChI=1S/C27H29N3O4/c1-30(33-2)27(32)24-17-20-10-5-9-19(16-20)8-3-4-15-34-22-12-6-11-21(18-22)25-23(26(31)29-24)13-7-14-28-25/h5-7,9-14,16,18,24H,3-4,8,15,17H2,1-2H3,(H,29,31)/t24-/m0/s1. The van der Waals surface area contributed by atoms with Crippen molar-refractivity contribution in [2.45, 2.75) is 31.7 Å². The first kappa shape index (κ1) is 23.4. The molecule has 3 aromatic rings. The van der Waals surface area contributed by atoms with Crippen molar-refractivity contribution >= 4 is 11.8 Å². The minimum Gasteiger partial charge on any atom is -0.494 e. The van der Waals surface area contributed by atoms with E-state index < -0.39 is 6.04 Å². The van der Waals surface area contributed by atoms with Gasteiger partial charge in [0.1, 0.15) is 11.8 Å². The molecule has 1 aliphatic rings. The van der Waals surface area contributed by atoms with Gasteiger partial charge in [0, 0.05) is 25.2 Å². The molecule has 0 saturated heterocycles. The zero-order chi connectivity index (χ0) is 23.9. The van der Waals surface area contributed by atoms with E-state index in [1.165, 1.54) is 19.7 Å². The molecule has 1 aliphatic heterocycles. The van der Waals surface area contributed by atoms with Crippen LogP contribution in [0.5, 0.6) is 5.75 Å². The van der Waals surface area contributed by atoms with Gasteiger partial charge in [-0.05, 0) is 54.7 Å². The fourth-order valence-corrected chi connectivity index (χ4v) is 4.07. The summed E-state index contributed by atoms with van der Waals surface area (Å²) in [5.74, 6) is 0.0216. The second-order valence-corrected chi connectivity index (χ2v) is 8.30. The first-order chi connectivity index (χ1) is 16.5. The number of hydrogen-bond acceptors (Lipinski definition) is 5. The number of carbonyl (C=O) groups is 2. The van der Waals surface area contributed by atoms with E-state index in [4.69, 9.17) is 9.57 Å². The molecule has 7 heteroatoms. The summed E-state index contributed by atoms with van der Waals surface area (Å²) in [5, 5.41) is 4.06. The largest absolute Gasteiger partial charge is 0.494 e. The molecule has 1 atom stereocenters. The van der Waals surface area contributed by atoms with Gasteiger partial charge in [-0.1, -0.05) is 36.4 Å². The maximum atomic E-state index is 13.4. The van der Waals surface area contributed by atoms with Crippen LogP contribution in [0, 0.1) is 0 Å². The maximum absolute atomic E-state index is 13.4. The van der Waals surface area contributed by atoms with E-state index in [0.29, 0.717) is 24.3 Å². The van der Waals surface area contributed by atoms with Gasteiger partial charge in [0.15, 0.2) is 0 Å². The molecule has 2 amide bonds. The van der Waals surface area contributed by atoms with E-state index in [1.54, 1.807) is 18.3 Å². The van der Waals surface area contributed by atoms with Gasteiger partial charge < -0.3 is 10.1 Å². The number of fused-ring (bicyclic) bond motifs is 6. The normalized spacial score (nSPS) is 16.4. The molecule has 0 spiro atoms. The van der Waals surface area contributed by atoms with Crippen molar-refractivity contribution in [2.75, 3.05) is 20.8 Å². The molecule has 176 valence electrons. The molecule has 4 bridgehead atoms. The first-order valence-corrected chi connectivity index (χ1v) is 11.4. The van der Waals surface area contributed by atoms with Crippen molar-refractivity contribution in [3.8, 4) is 17.0 Å². The molecule has 4 rings (SSSR count). The lowest BCUT2D eigenvalue weighted by Crippen LogP contribution is -2.48. The summed E-state index contributed by atoms with van der Waals surface area (Å²) in [5.41, 5.74) is 3.85. The number of nitrogens with one attached hydrogen (secondary N) is 1. The Morgan fingerprint density at radius 3 is 2.76 bits per heavy atom. The van der Waals surface area contributed by atoms with E-state index >= 15 is 0 Å². The Hall–Kier alpha value is -3.71.